The van der Waals surface area contributed by atoms with Crippen molar-refractivity contribution >= 4 is 5.91 Å². The largest absolute Gasteiger partial charge is 0.359 e. The van der Waals surface area contributed by atoms with Gasteiger partial charge in [0.25, 0.3) is 0 Å². The van der Waals surface area contributed by atoms with E-state index >= 15 is 0 Å². The summed E-state index contributed by atoms with van der Waals surface area (Å²) in [5, 5.41) is 5.59. The predicted octanol–water partition coefficient (Wildman–Crippen LogP) is -0.939. The summed E-state index contributed by atoms with van der Waals surface area (Å²) in [6.45, 7) is 2.26. The lowest BCUT2D eigenvalue weighted by molar-refractivity contribution is -0.121. The van der Waals surface area contributed by atoms with Gasteiger partial charge in [0.15, 0.2) is 0 Å². The summed E-state index contributed by atoms with van der Waals surface area (Å²) >= 11 is 0. The first-order valence-corrected chi connectivity index (χ1v) is 4.26. The number of nitrogens with one attached hydrogen (secondary N) is 2. The van der Waals surface area contributed by atoms with E-state index < -0.39 is 0 Å². The van der Waals surface area contributed by atoms with E-state index in [4.69, 9.17) is 12.2 Å². The number of hydrogen-bond acceptors (Lipinski definition) is 3. The molecule has 4 N–H and O–H groups in total. The van der Waals surface area contributed by atoms with Gasteiger partial charge in [0.2, 0.25) is 5.91 Å². The van der Waals surface area contributed by atoms with Crippen LogP contribution in [-0.2, 0) is 4.79 Å². The van der Waals surface area contributed by atoms with Crippen LogP contribution in [0.25, 0.3) is 0 Å². The van der Waals surface area contributed by atoms with Gasteiger partial charge in [-0.25, -0.2) is 0 Å². The molecule has 4 heteroatoms. The molecule has 2 atom stereocenters. The van der Waals surface area contributed by atoms with Crippen molar-refractivity contribution in [2.24, 2.45) is 5.73 Å². The van der Waals surface area contributed by atoms with Gasteiger partial charge in [0.05, 0.1) is 6.04 Å². The van der Waals surface area contributed by atoms with E-state index in [1.807, 2.05) is 6.92 Å². The van der Waals surface area contributed by atoms with Crippen molar-refractivity contribution in [1.29, 1.82) is 0 Å². The molecule has 0 aliphatic carbocycles. The fourth-order valence-corrected chi connectivity index (χ4v) is 0.938. The molecule has 0 heterocycles. The summed E-state index contributed by atoms with van der Waals surface area (Å²) in [6.07, 6.45) is 5.54. The second-order valence-electron chi connectivity index (χ2n) is 2.86. The topological polar surface area (TPSA) is 67.1 Å². The van der Waals surface area contributed by atoms with Gasteiger partial charge in [0, 0.05) is 26.1 Å². The average molecular weight is 183 g/mol. The quantitative estimate of drug-likeness (QED) is 0.482. The van der Waals surface area contributed by atoms with Crippen LogP contribution in [0.5, 0.6) is 0 Å². The van der Waals surface area contributed by atoms with Crippen LogP contribution >= 0.6 is 0 Å². The summed E-state index contributed by atoms with van der Waals surface area (Å²) in [5.74, 6) is 2.49. The molecule has 1 amide bonds. The summed E-state index contributed by atoms with van der Waals surface area (Å²) in [5.41, 5.74) is 5.47. The molecule has 0 aromatic rings. The van der Waals surface area contributed by atoms with Crippen molar-refractivity contribution in [3.63, 3.8) is 0 Å². The van der Waals surface area contributed by atoms with Gasteiger partial charge in [-0.05, 0) is 6.92 Å². The first-order valence-electron chi connectivity index (χ1n) is 4.26. The predicted molar refractivity (Wildman–Crippen MR) is 53.0 cm³/mol. The Balaban J connectivity index is 3.90. The molecule has 74 valence electrons. The van der Waals surface area contributed by atoms with Crippen molar-refractivity contribution in [2.75, 3.05) is 13.6 Å². The molecule has 0 radical (unpaired) electrons. The van der Waals surface area contributed by atoms with Crippen LogP contribution < -0.4 is 16.4 Å². The third-order valence-electron chi connectivity index (χ3n) is 1.73. The highest BCUT2D eigenvalue weighted by atomic mass is 16.1. The van der Waals surface area contributed by atoms with Gasteiger partial charge in [0.1, 0.15) is 0 Å². The lowest BCUT2D eigenvalue weighted by Gasteiger charge is -2.17. The van der Waals surface area contributed by atoms with Crippen molar-refractivity contribution < 1.29 is 4.79 Å². The van der Waals surface area contributed by atoms with Crippen LogP contribution in [0, 0.1) is 12.3 Å². The van der Waals surface area contributed by atoms with Gasteiger partial charge >= 0.3 is 0 Å². The Hall–Kier alpha value is -1.05. The molecule has 4 nitrogen and oxygen atoms in total. The maximum Gasteiger partial charge on any atom is 0.221 e. The fraction of sp³-hybridized carbons (Fsp3) is 0.667. The maximum atomic E-state index is 11.0. The standard InChI is InChI=1S/C9H17N3O/c1-4-7(2)12-8(6-10)5-9(13)11-3/h1,7-8,12H,5-6,10H2,2-3H3,(H,11,13). The van der Waals surface area contributed by atoms with Gasteiger partial charge < -0.3 is 11.1 Å². The van der Waals surface area contributed by atoms with Crippen LogP contribution in [0.3, 0.4) is 0 Å². The van der Waals surface area contributed by atoms with Crippen LogP contribution in [0.15, 0.2) is 0 Å². The molecular formula is C9H17N3O. The lowest BCUT2D eigenvalue weighted by atomic mass is 10.1. The van der Waals surface area contributed by atoms with Gasteiger partial charge in [-0.1, -0.05) is 5.92 Å². The van der Waals surface area contributed by atoms with Crippen LogP contribution in [0.1, 0.15) is 13.3 Å². The zero-order valence-corrected chi connectivity index (χ0v) is 8.13. The van der Waals surface area contributed by atoms with E-state index in [1.165, 1.54) is 0 Å². The zero-order valence-electron chi connectivity index (χ0n) is 8.13. The molecule has 2 unspecified atom stereocenters. The molecule has 0 bridgehead atoms. The minimum atomic E-state index is -0.0572. The zero-order chi connectivity index (χ0) is 10.3. The van der Waals surface area contributed by atoms with Crippen molar-refractivity contribution in [1.82, 2.24) is 10.6 Å². The lowest BCUT2D eigenvalue weighted by Crippen LogP contribution is -2.43. The van der Waals surface area contributed by atoms with Gasteiger partial charge in [-0.15, -0.1) is 6.42 Å². The Bertz CT molecular complexity index is 198. The third kappa shape index (κ3) is 5.23. The van der Waals surface area contributed by atoms with E-state index in [-0.39, 0.29) is 18.0 Å². The Morgan fingerprint density at radius 3 is 2.69 bits per heavy atom. The Labute approximate surface area is 79.3 Å². The summed E-state index contributed by atoms with van der Waals surface area (Å²) in [4.78, 5) is 11.0. The summed E-state index contributed by atoms with van der Waals surface area (Å²) in [6, 6.07) is -0.107. The number of amides is 1. The van der Waals surface area contributed by atoms with E-state index in [0.29, 0.717) is 13.0 Å². The Kier molecular flexibility index (Phi) is 5.94. The van der Waals surface area contributed by atoms with Crippen molar-refractivity contribution in [3.8, 4) is 12.3 Å². The van der Waals surface area contributed by atoms with E-state index in [2.05, 4.69) is 16.6 Å². The summed E-state index contributed by atoms with van der Waals surface area (Å²) < 4.78 is 0. The maximum absolute atomic E-state index is 11.0. The second kappa shape index (κ2) is 6.46. The molecule has 13 heavy (non-hydrogen) atoms. The van der Waals surface area contributed by atoms with Crippen LogP contribution in [0.4, 0.5) is 0 Å². The first-order chi connectivity index (χ1) is 6.13. The number of nitrogens with two attached hydrogens (primary N) is 1. The second-order valence-corrected chi connectivity index (χ2v) is 2.86. The number of terminal acetylenes is 1. The number of carbonyl (C=O) groups excluding carboxylic acids is 1. The third-order valence-corrected chi connectivity index (χ3v) is 1.73. The van der Waals surface area contributed by atoms with E-state index in [0.717, 1.165) is 0 Å². The molecule has 0 fully saturated rings. The van der Waals surface area contributed by atoms with Gasteiger partial charge in [-0.3, -0.25) is 10.1 Å². The van der Waals surface area contributed by atoms with Crippen LogP contribution in [-0.4, -0.2) is 31.6 Å². The van der Waals surface area contributed by atoms with E-state index in [1.54, 1.807) is 7.05 Å². The van der Waals surface area contributed by atoms with Crippen molar-refractivity contribution in [2.45, 2.75) is 25.4 Å². The first kappa shape index (κ1) is 11.9. The van der Waals surface area contributed by atoms with Gasteiger partial charge in [-0.2, -0.15) is 0 Å². The SMILES string of the molecule is C#CC(C)NC(CN)CC(=O)NC. The molecular weight excluding hydrogens is 166 g/mol. The molecule has 0 aliphatic rings. The number of hydrogen-bond donors (Lipinski definition) is 3. The minimum absolute atomic E-state index is 0.0350. The number of carbonyl (C=O) groups is 1. The highest BCUT2D eigenvalue weighted by molar-refractivity contribution is 5.76. The Morgan fingerprint density at radius 1 is 1.69 bits per heavy atom. The summed E-state index contributed by atoms with van der Waals surface area (Å²) in [7, 11) is 1.60. The highest BCUT2D eigenvalue weighted by Gasteiger charge is 2.12. The molecule has 0 spiro atoms. The highest BCUT2D eigenvalue weighted by Crippen LogP contribution is 1.92. The molecule has 0 aromatic carbocycles. The molecule has 0 saturated carbocycles. The number of rotatable bonds is 5. The normalized spacial score (nSPS) is 14.3. The molecule has 0 saturated heterocycles. The smallest absolute Gasteiger partial charge is 0.221 e. The minimum Gasteiger partial charge on any atom is -0.359 e. The van der Waals surface area contributed by atoms with Crippen molar-refractivity contribution in [3.05, 3.63) is 0 Å². The fourth-order valence-electron chi connectivity index (χ4n) is 0.938. The van der Waals surface area contributed by atoms with E-state index in [9.17, 15) is 4.79 Å². The average Bonchev–Trinajstić information content (AvgIpc) is 2.16. The van der Waals surface area contributed by atoms with Crippen LogP contribution in [0.2, 0.25) is 0 Å². The monoisotopic (exact) mass is 183 g/mol. The molecule has 0 rings (SSSR count). The molecule has 0 aliphatic heterocycles. The molecule has 0 aromatic heterocycles. The Morgan fingerprint density at radius 2 is 2.31 bits per heavy atom.